The Morgan fingerprint density at radius 3 is 2.14 bits per heavy atom. The third-order valence-electron chi connectivity index (χ3n) is 6.71. The lowest BCUT2D eigenvalue weighted by molar-refractivity contribution is -0.231. The van der Waals surface area contributed by atoms with Crippen LogP contribution < -0.4 is 9.47 Å². The normalized spacial score (nSPS) is 23.6. The average molecular weight is 529 g/mol. The van der Waals surface area contributed by atoms with Crippen molar-refractivity contribution in [1.29, 1.82) is 0 Å². The minimum Gasteiger partial charge on any atom is -0.490 e. The fraction of sp³-hybridized carbons (Fsp3) is 0.379. The zero-order chi connectivity index (χ0) is 26.5. The van der Waals surface area contributed by atoms with E-state index in [2.05, 4.69) is 13.8 Å². The standard InChI is InChI=1S/C29H33ClO7/c1-17-3-7-23(13-18(17)2)36-12-11-35-22-8-4-19(5-9-22)14-21-15-20(6-10-24(21)30)29-28(34)27(33)26(32)25(16-31)37-29/h3-10,13,15,25-29,31-34H,11-12,14,16H2,1-2H3/t25-,26-,27+,28-,29+/m1/s1. The maximum Gasteiger partial charge on any atom is 0.122 e. The highest BCUT2D eigenvalue weighted by Crippen LogP contribution is 2.34. The van der Waals surface area contributed by atoms with Gasteiger partial charge < -0.3 is 34.6 Å². The van der Waals surface area contributed by atoms with E-state index in [0.29, 0.717) is 30.2 Å². The van der Waals surface area contributed by atoms with E-state index in [1.54, 1.807) is 12.1 Å². The Morgan fingerprint density at radius 2 is 1.46 bits per heavy atom. The molecular weight excluding hydrogens is 496 g/mol. The van der Waals surface area contributed by atoms with Gasteiger partial charge in [0.25, 0.3) is 0 Å². The molecule has 1 heterocycles. The van der Waals surface area contributed by atoms with E-state index < -0.39 is 37.1 Å². The van der Waals surface area contributed by atoms with Gasteiger partial charge in [-0.05, 0) is 78.4 Å². The van der Waals surface area contributed by atoms with Gasteiger partial charge in [-0.25, -0.2) is 0 Å². The molecule has 1 aliphatic rings. The van der Waals surface area contributed by atoms with Crippen molar-refractivity contribution in [3.05, 3.63) is 93.5 Å². The second kappa shape index (κ2) is 12.3. The van der Waals surface area contributed by atoms with Gasteiger partial charge in [0.1, 0.15) is 55.2 Å². The highest BCUT2D eigenvalue weighted by Gasteiger charge is 2.44. The summed E-state index contributed by atoms with van der Waals surface area (Å²) in [6.07, 6.45) is -5.53. The quantitative estimate of drug-likeness (QED) is 0.315. The van der Waals surface area contributed by atoms with Gasteiger partial charge in [-0.1, -0.05) is 41.9 Å². The summed E-state index contributed by atoms with van der Waals surface area (Å²) in [6.45, 7) is 4.49. The Balaban J connectivity index is 1.35. The third kappa shape index (κ3) is 6.62. The molecule has 4 N–H and O–H groups in total. The average Bonchev–Trinajstić information content (AvgIpc) is 2.90. The molecule has 0 saturated carbocycles. The van der Waals surface area contributed by atoms with Crippen LogP contribution in [0.15, 0.2) is 60.7 Å². The van der Waals surface area contributed by atoms with Crippen LogP contribution >= 0.6 is 11.6 Å². The number of rotatable bonds is 9. The van der Waals surface area contributed by atoms with Crippen molar-refractivity contribution < 1.29 is 34.6 Å². The zero-order valence-corrected chi connectivity index (χ0v) is 21.6. The maximum atomic E-state index is 10.5. The summed E-state index contributed by atoms with van der Waals surface area (Å²) >= 11 is 6.44. The molecule has 0 aliphatic carbocycles. The Hall–Kier alpha value is -2.65. The number of benzene rings is 3. The summed E-state index contributed by atoms with van der Waals surface area (Å²) in [6, 6.07) is 18.9. The molecule has 7 nitrogen and oxygen atoms in total. The molecule has 0 spiro atoms. The molecule has 0 amide bonds. The molecule has 1 fully saturated rings. The van der Waals surface area contributed by atoms with Gasteiger partial charge in [0.05, 0.1) is 6.61 Å². The number of halogens is 1. The predicted octanol–water partition coefficient (Wildman–Crippen LogP) is 3.52. The number of ether oxygens (including phenoxy) is 3. The molecule has 8 heteroatoms. The van der Waals surface area contributed by atoms with Gasteiger partial charge in [0, 0.05) is 5.02 Å². The molecule has 4 rings (SSSR count). The van der Waals surface area contributed by atoms with Crippen LogP contribution in [0.1, 0.15) is 33.9 Å². The Labute approximate surface area is 221 Å². The molecule has 37 heavy (non-hydrogen) atoms. The van der Waals surface area contributed by atoms with Crippen molar-refractivity contribution in [2.45, 2.75) is 50.8 Å². The minimum atomic E-state index is -1.44. The second-order valence-corrected chi connectivity index (χ2v) is 9.77. The van der Waals surface area contributed by atoms with E-state index in [-0.39, 0.29) is 0 Å². The number of aryl methyl sites for hydroxylation is 2. The zero-order valence-electron chi connectivity index (χ0n) is 20.9. The van der Waals surface area contributed by atoms with Gasteiger partial charge in [-0.2, -0.15) is 0 Å². The van der Waals surface area contributed by atoms with Crippen molar-refractivity contribution in [1.82, 2.24) is 0 Å². The lowest BCUT2D eigenvalue weighted by atomic mass is 9.90. The molecule has 1 saturated heterocycles. The van der Waals surface area contributed by atoms with Crippen molar-refractivity contribution >= 4 is 11.6 Å². The maximum absolute atomic E-state index is 10.5. The Kier molecular flexibility index (Phi) is 9.08. The molecule has 3 aromatic rings. The SMILES string of the molecule is Cc1ccc(OCCOc2ccc(Cc3cc([C@@H]4O[C@H](CO)[C@@H](O)[C@H](O)[C@H]4O)ccc3Cl)cc2)cc1C. The third-order valence-corrected chi connectivity index (χ3v) is 7.08. The molecule has 0 aromatic heterocycles. The fourth-order valence-electron chi connectivity index (χ4n) is 4.33. The molecule has 0 bridgehead atoms. The van der Waals surface area contributed by atoms with E-state index in [1.165, 1.54) is 11.1 Å². The molecule has 0 radical (unpaired) electrons. The molecule has 5 atom stereocenters. The number of hydrogen-bond acceptors (Lipinski definition) is 7. The van der Waals surface area contributed by atoms with Crippen LogP contribution in [-0.4, -0.2) is 64.7 Å². The molecular formula is C29H33ClO7. The van der Waals surface area contributed by atoms with E-state index in [0.717, 1.165) is 22.6 Å². The van der Waals surface area contributed by atoms with Gasteiger partial charge >= 0.3 is 0 Å². The topological polar surface area (TPSA) is 109 Å². The minimum absolute atomic E-state index is 0.416. The van der Waals surface area contributed by atoms with Crippen molar-refractivity contribution in [3.63, 3.8) is 0 Å². The molecule has 0 unspecified atom stereocenters. The van der Waals surface area contributed by atoms with Crippen LogP contribution in [0.5, 0.6) is 11.5 Å². The van der Waals surface area contributed by atoms with E-state index in [4.69, 9.17) is 25.8 Å². The molecule has 1 aliphatic heterocycles. The monoisotopic (exact) mass is 528 g/mol. The summed E-state index contributed by atoms with van der Waals surface area (Å²) in [4.78, 5) is 0. The van der Waals surface area contributed by atoms with Crippen LogP contribution in [0.3, 0.4) is 0 Å². The van der Waals surface area contributed by atoms with Gasteiger partial charge in [0.2, 0.25) is 0 Å². The van der Waals surface area contributed by atoms with Gasteiger partial charge in [-0.3, -0.25) is 0 Å². The highest BCUT2D eigenvalue weighted by molar-refractivity contribution is 6.31. The first-order valence-electron chi connectivity index (χ1n) is 12.3. The van der Waals surface area contributed by atoms with Gasteiger partial charge in [-0.15, -0.1) is 0 Å². The number of aliphatic hydroxyl groups excluding tert-OH is 4. The van der Waals surface area contributed by atoms with Gasteiger partial charge in [0.15, 0.2) is 0 Å². The molecule has 198 valence electrons. The summed E-state index contributed by atoms with van der Waals surface area (Å²) in [5, 5.41) is 40.7. The first-order chi connectivity index (χ1) is 17.8. The van der Waals surface area contributed by atoms with Crippen LogP contribution in [0.4, 0.5) is 0 Å². The fourth-order valence-corrected chi connectivity index (χ4v) is 4.51. The van der Waals surface area contributed by atoms with Crippen molar-refractivity contribution in [2.24, 2.45) is 0 Å². The Bertz CT molecular complexity index is 1180. The Morgan fingerprint density at radius 1 is 0.784 bits per heavy atom. The lowest BCUT2D eigenvalue weighted by Gasteiger charge is -2.40. The number of aliphatic hydroxyl groups is 4. The first kappa shape index (κ1) is 27.4. The van der Waals surface area contributed by atoms with Crippen molar-refractivity contribution in [3.8, 4) is 11.5 Å². The van der Waals surface area contributed by atoms with E-state index >= 15 is 0 Å². The highest BCUT2D eigenvalue weighted by atomic mass is 35.5. The summed E-state index contributed by atoms with van der Waals surface area (Å²) < 4.78 is 17.2. The van der Waals surface area contributed by atoms with Crippen LogP contribution in [0.25, 0.3) is 0 Å². The summed E-state index contributed by atoms with van der Waals surface area (Å²) in [5.74, 6) is 1.55. The van der Waals surface area contributed by atoms with Crippen LogP contribution in [0, 0.1) is 13.8 Å². The van der Waals surface area contributed by atoms with E-state index in [9.17, 15) is 20.4 Å². The largest absolute Gasteiger partial charge is 0.490 e. The summed E-state index contributed by atoms with van der Waals surface area (Å²) in [7, 11) is 0. The molecule has 3 aromatic carbocycles. The smallest absolute Gasteiger partial charge is 0.122 e. The summed E-state index contributed by atoms with van der Waals surface area (Å²) in [5.41, 5.74) is 4.83. The second-order valence-electron chi connectivity index (χ2n) is 9.36. The van der Waals surface area contributed by atoms with E-state index in [1.807, 2.05) is 48.5 Å². The van der Waals surface area contributed by atoms with Crippen LogP contribution in [-0.2, 0) is 11.2 Å². The first-order valence-corrected chi connectivity index (χ1v) is 12.6. The lowest BCUT2D eigenvalue weighted by Crippen LogP contribution is -2.55. The van der Waals surface area contributed by atoms with Crippen LogP contribution in [0.2, 0.25) is 5.02 Å². The van der Waals surface area contributed by atoms with Crippen molar-refractivity contribution in [2.75, 3.05) is 19.8 Å². The number of hydrogen-bond donors (Lipinski definition) is 4. The predicted molar refractivity (Wildman–Crippen MR) is 140 cm³/mol.